The van der Waals surface area contributed by atoms with Crippen LogP contribution in [0, 0.1) is 11.3 Å². The van der Waals surface area contributed by atoms with Crippen LogP contribution in [0.3, 0.4) is 0 Å². The zero-order valence-corrected chi connectivity index (χ0v) is 10.7. The van der Waals surface area contributed by atoms with Gasteiger partial charge in [-0.05, 0) is 25.5 Å². The van der Waals surface area contributed by atoms with Gasteiger partial charge in [-0.25, -0.2) is 0 Å². The Morgan fingerprint density at radius 2 is 2.32 bits per heavy atom. The second-order valence-electron chi connectivity index (χ2n) is 4.24. The third-order valence-electron chi connectivity index (χ3n) is 3.00. The number of pyridine rings is 1. The smallest absolute Gasteiger partial charge is 0.205 e. The van der Waals surface area contributed by atoms with Crippen molar-refractivity contribution in [3.05, 3.63) is 52.9 Å². The van der Waals surface area contributed by atoms with Crippen LogP contribution in [0.5, 0.6) is 0 Å². The van der Waals surface area contributed by atoms with Crippen molar-refractivity contribution < 1.29 is 9.53 Å². The van der Waals surface area contributed by atoms with E-state index in [4.69, 9.17) is 10.5 Å². The summed E-state index contributed by atoms with van der Waals surface area (Å²) in [5.41, 5.74) is 7.17. The number of hydrogen-bond acceptors (Lipinski definition) is 5. The standard InChI is InChI=1S/C14H13N3O2/c1-8(18)12-9(2)19-14(16)11(6-15)13(12)10-4-3-5-17-7-10/h3-5,7,13H,16H2,1-2H3/t13-/m1/s1. The van der Waals surface area contributed by atoms with Crippen LogP contribution in [-0.4, -0.2) is 10.8 Å². The normalized spacial score (nSPS) is 18.9. The van der Waals surface area contributed by atoms with E-state index in [2.05, 4.69) is 4.98 Å². The lowest BCUT2D eigenvalue weighted by molar-refractivity contribution is -0.114. The molecule has 1 aromatic rings. The average Bonchev–Trinajstić information content (AvgIpc) is 2.38. The minimum Gasteiger partial charge on any atom is -0.445 e. The van der Waals surface area contributed by atoms with Gasteiger partial charge >= 0.3 is 0 Å². The summed E-state index contributed by atoms with van der Waals surface area (Å²) in [7, 11) is 0. The summed E-state index contributed by atoms with van der Waals surface area (Å²) in [5, 5.41) is 9.26. The Hall–Kier alpha value is -2.61. The second kappa shape index (κ2) is 4.94. The van der Waals surface area contributed by atoms with Gasteiger partial charge in [-0.15, -0.1) is 0 Å². The third-order valence-corrected chi connectivity index (χ3v) is 3.00. The van der Waals surface area contributed by atoms with Crippen LogP contribution in [0.4, 0.5) is 0 Å². The summed E-state index contributed by atoms with van der Waals surface area (Å²) >= 11 is 0. The molecule has 19 heavy (non-hydrogen) atoms. The number of nitriles is 1. The van der Waals surface area contributed by atoms with Gasteiger partial charge in [0.25, 0.3) is 0 Å². The third kappa shape index (κ3) is 2.20. The molecule has 0 aromatic carbocycles. The summed E-state index contributed by atoms with van der Waals surface area (Å²) < 4.78 is 5.29. The fourth-order valence-electron chi connectivity index (χ4n) is 2.22. The predicted molar refractivity (Wildman–Crippen MR) is 68.3 cm³/mol. The fraction of sp³-hybridized carbons (Fsp3) is 0.214. The Morgan fingerprint density at radius 3 is 2.84 bits per heavy atom. The Labute approximate surface area is 111 Å². The minimum absolute atomic E-state index is 0.0406. The quantitative estimate of drug-likeness (QED) is 0.869. The van der Waals surface area contributed by atoms with Gasteiger partial charge in [0, 0.05) is 18.0 Å². The van der Waals surface area contributed by atoms with E-state index in [9.17, 15) is 10.1 Å². The SMILES string of the molecule is CC(=O)C1=C(C)OC(N)=C(C#N)[C@H]1c1cccnc1. The summed E-state index contributed by atoms with van der Waals surface area (Å²) in [6, 6.07) is 5.59. The molecule has 2 heterocycles. The number of rotatable bonds is 2. The van der Waals surface area contributed by atoms with Crippen LogP contribution in [-0.2, 0) is 9.53 Å². The highest BCUT2D eigenvalue weighted by molar-refractivity contribution is 5.96. The zero-order chi connectivity index (χ0) is 14.0. The Morgan fingerprint density at radius 1 is 1.58 bits per heavy atom. The number of nitrogens with zero attached hydrogens (tertiary/aromatic N) is 2. The molecule has 0 bridgehead atoms. The number of nitrogens with two attached hydrogens (primary N) is 1. The first-order valence-corrected chi connectivity index (χ1v) is 5.75. The Kier molecular flexibility index (Phi) is 3.34. The van der Waals surface area contributed by atoms with Gasteiger partial charge < -0.3 is 10.5 Å². The van der Waals surface area contributed by atoms with Gasteiger partial charge in [-0.1, -0.05) is 6.07 Å². The van der Waals surface area contributed by atoms with Gasteiger partial charge in [0.2, 0.25) is 5.88 Å². The molecule has 0 aliphatic carbocycles. The van der Waals surface area contributed by atoms with Gasteiger partial charge in [0.05, 0.1) is 5.92 Å². The molecule has 0 saturated heterocycles. The lowest BCUT2D eigenvalue weighted by Crippen LogP contribution is -2.23. The predicted octanol–water partition coefficient (Wildman–Crippen LogP) is 1.75. The van der Waals surface area contributed by atoms with E-state index in [-0.39, 0.29) is 17.2 Å². The number of carbonyl (C=O) groups excluding carboxylic acids is 1. The van der Waals surface area contributed by atoms with Crippen molar-refractivity contribution >= 4 is 5.78 Å². The molecule has 2 N–H and O–H groups in total. The fourth-order valence-corrected chi connectivity index (χ4v) is 2.22. The van der Waals surface area contributed by atoms with Crippen molar-refractivity contribution in [1.29, 1.82) is 5.26 Å². The van der Waals surface area contributed by atoms with E-state index in [0.29, 0.717) is 11.3 Å². The van der Waals surface area contributed by atoms with Crippen LogP contribution in [0.1, 0.15) is 25.3 Å². The van der Waals surface area contributed by atoms with Crippen LogP contribution in [0.25, 0.3) is 0 Å². The second-order valence-corrected chi connectivity index (χ2v) is 4.24. The molecule has 1 aromatic heterocycles. The number of ether oxygens (including phenoxy) is 1. The van der Waals surface area contributed by atoms with E-state index in [1.807, 2.05) is 12.1 Å². The maximum absolute atomic E-state index is 11.8. The van der Waals surface area contributed by atoms with Crippen LogP contribution in [0.2, 0.25) is 0 Å². The molecule has 1 atom stereocenters. The first-order chi connectivity index (χ1) is 9.06. The van der Waals surface area contributed by atoms with Crippen molar-refractivity contribution in [3.8, 4) is 6.07 Å². The first-order valence-electron chi connectivity index (χ1n) is 5.75. The van der Waals surface area contributed by atoms with E-state index >= 15 is 0 Å². The number of Topliss-reactive ketones (excluding diaryl/α,β-unsaturated/α-hetero) is 1. The highest BCUT2D eigenvalue weighted by Crippen LogP contribution is 2.38. The number of hydrogen-bond donors (Lipinski definition) is 1. The topological polar surface area (TPSA) is 89.0 Å². The number of carbonyl (C=O) groups is 1. The van der Waals surface area contributed by atoms with Crippen molar-refractivity contribution in [2.45, 2.75) is 19.8 Å². The average molecular weight is 255 g/mol. The van der Waals surface area contributed by atoms with Gasteiger partial charge in [0.1, 0.15) is 17.4 Å². The monoisotopic (exact) mass is 255 g/mol. The summed E-state index contributed by atoms with van der Waals surface area (Å²) in [6.07, 6.45) is 3.25. The van der Waals surface area contributed by atoms with Crippen molar-refractivity contribution in [2.24, 2.45) is 5.73 Å². The van der Waals surface area contributed by atoms with E-state index in [0.717, 1.165) is 5.56 Å². The maximum atomic E-state index is 11.8. The van der Waals surface area contributed by atoms with Crippen molar-refractivity contribution in [2.75, 3.05) is 0 Å². The Balaban J connectivity index is 2.65. The summed E-state index contributed by atoms with van der Waals surface area (Å²) in [5.74, 6) is -0.187. The highest BCUT2D eigenvalue weighted by Gasteiger charge is 2.33. The number of aromatic nitrogens is 1. The number of ketones is 1. The summed E-state index contributed by atoms with van der Waals surface area (Å²) in [6.45, 7) is 3.11. The molecule has 5 nitrogen and oxygen atoms in total. The molecule has 0 unspecified atom stereocenters. The largest absolute Gasteiger partial charge is 0.445 e. The molecular weight excluding hydrogens is 242 g/mol. The first kappa shape index (κ1) is 12.8. The van der Waals surface area contributed by atoms with Crippen molar-refractivity contribution in [3.63, 3.8) is 0 Å². The molecule has 1 aliphatic heterocycles. The van der Waals surface area contributed by atoms with E-state index < -0.39 is 5.92 Å². The molecule has 0 fully saturated rings. The Bertz CT molecular complexity index is 624. The zero-order valence-electron chi connectivity index (χ0n) is 10.7. The molecular formula is C14H13N3O2. The van der Waals surface area contributed by atoms with Crippen molar-refractivity contribution in [1.82, 2.24) is 4.98 Å². The molecule has 96 valence electrons. The van der Waals surface area contributed by atoms with Gasteiger partial charge in [0.15, 0.2) is 5.78 Å². The van der Waals surface area contributed by atoms with E-state index in [1.54, 1.807) is 25.4 Å². The summed E-state index contributed by atoms with van der Waals surface area (Å²) in [4.78, 5) is 15.9. The van der Waals surface area contributed by atoms with Crippen LogP contribution >= 0.6 is 0 Å². The maximum Gasteiger partial charge on any atom is 0.205 e. The highest BCUT2D eigenvalue weighted by atomic mass is 16.5. The molecule has 1 aliphatic rings. The van der Waals surface area contributed by atoms with Crippen LogP contribution < -0.4 is 5.73 Å². The van der Waals surface area contributed by atoms with Gasteiger partial charge in [-0.3, -0.25) is 9.78 Å². The van der Waals surface area contributed by atoms with Crippen LogP contribution in [0.15, 0.2) is 47.3 Å². The lowest BCUT2D eigenvalue weighted by Gasteiger charge is -2.26. The molecule has 5 heteroatoms. The minimum atomic E-state index is -0.509. The molecule has 0 radical (unpaired) electrons. The number of allylic oxidation sites excluding steroid dienone is 3. The lowest BCUT2D eigenvalue weighted by atomic mass is 9.82. The molecule has 0 spiro atoms. The molecule has 0 saturated carbocycles. The molecule has 2 rings (SSSR count). The van der Waals surface area contributed by atoms with E-state index in [1.165, 1.54) is 6.92 Å². The molecule has 0 amide bonds. The van der Waals surface area contributed by atoms with Gasteiger partial charge in [-0.2, -0.15) is 5.26 Å².